The molecule has 1 N–H and O–H groups in total. The third-order valence-corrected chi connectivity index (χ3v) is 6.17. The molecule has 0 bridgehead atoms. The first kappa shape index (κ1) is 20.7. The molecule has 7 nitrogen and oxygen atoms in total. The van der Waals surface area contributed by atoms with E-state index in [-0.39, 0.29) is 18.8 Å². The minimum absolute atomic E-state index is 0.126. The Bertz CT molecular complexity index is 923. The number of aromatic nitrogens is 1. The summed E-state index contributed by atoms with van der Waals surface area (Å²) < 4.78 is 40.7. The Balaban J connectivity index is 1.65. The van der Waals surface area contributed by atoms with E-state index < -0.39 is 10.2 Å². The molecule has 0 saturated carbocycles. The molecule has 0 amide bonds. The fraction of sp³-hybridized carbons (Fsp3) is 0.450. The molecule has 1 aliphatic rings. The number of nitrogens with zero attached hydrogens (tertiary/aromatic N) is 2. The Morgan fingerprint density at radius 2 is 1.86 bits per heavy atom. The molecule has 3 rings (SSSR count). The lowest BCUT2D eigenvalue weighted by atomic mass is 10.1. The van der Waals surface area contributed by atoms with E-state index in [1.165, 1.54) is 9.87 Å². The van der Waals surface area contributed by atoms with Gasteiger partial charge in [-0.3, -0.25) is 0 Å². The van der Waals surface area contributed by atoms with Crippen LogP contribution in [-0.2, 0) is 21.5 Å². The van der Waals surface area contributed by atoms with E-state index >= 15 is 0 Å². The van der Waals surface area contributed by atoms with Crippen LogP contribution in [0.3, 0.4) is 0 Å². The Hall–Kier alpha value is -2.00. The molecule has 2 aromatic rings. The summed E-state index contributed by atoms with van der Waals surface area (Å²) in [6.07, 6.45) is 1.36. The predicted octanol–water partition coefficient (Wildman–Crippen LogP) is 2.93. The van der Waals surface area contributed by atoms with E-state index in [0.717, 1.165) is 11.1 Å². The second-order valence-corrected chi connectivity index (χ2v) is 9.01. The number of hydrogen-bond acceptors (Lipinski definition) is 5. The highest BCUT2D eigenvalue weighted by atomic mass is 32.2. The largest absolute Gasteiger partial charge is 0.439 e. The SMILES string of the molecule is Cc1ccc(Oc2cc(CNS(=O)(=O)N3CC(C)OC(C)C3)ccn2)cc1C. The molecule has 2 unspecified atom stereocenters. The number of benzene rings is 1. The zero-order valence-corrected chi connectivity index (χ0v) is 17.5. The lowest BCUT2D eigenvalue weighted by Crippen LogP contribution is -2.51. The number of hydrogen-bond donors (Lipinski definition) is 1. The van der Waals surface area contributed by atoms with Crippen LogP contribution in [0.25, 0.3) is 0 Å². The van der Waals surface area contributed by atoms with Gasteiger partial charge in [0, 0.05) is 31.9 Å². The van der Waals surface area contributed by atoms with Crippen LogP contribution >= 0.6 is 0 Å². The van der Waals surface area contributed by atoms with Crippen molar-refractivity contribution < 1.29 is 17.9 Å². The second kappa shape index (κ2) is 8.57. The molecule has 2 heterocycles. The van der Waals surface area contributed by atoms with Crippen molar-refractivity contribution in [3.8, 4) is 11.6 Å². The van der Waals surface area contributed by atoms with Gasteiger partial charge in [-0.2, -0.15) is 17.4 Å². The molecule has 1 aromatic heterocycles. The summed E-state index contributed by atoms with van der Waals surface area (Å²) in [4.78, 5) is 4.21. The third-order valence-electron chi connectivity index (χ3n) is 4.68. The Kier molecular flexibility index (Phi) is 6.34. The summed E-state index contributed by atoms with van der Waals surface area (Å²) in [5, 5.41) is 0. The van der Waals surface area contributed by atoms with Crippen molar-refractivity contribution in [1.82, 2.24) is 14.0 Å². The molecular weight excluding hydrogens is 378 g/mol. The van der Waals surface area contributed by atoms with Crippen LogP contribution in [0.1, 0.15) is 30.5 Å². The monoisotopic (exact) mass is 405 g/mol. The molecule has 1 saturated heterocycles. The molecule has 0 spiro atoms. The molecule has 0 radical (unpaired) electrons. The van der Waals surface area contributed by atoms with Crippen molar-refractivity contribution in [3.05, 3.63) is 53.2 Å². The van der Waals surface area contributed by atoms with Crippen molar-refractivity contribution in [3.63, 3.8) is 0 Å². The van der Waals surface area contributed by atoms with Crippen LogP contribution in [0.15, 0.2) is 36.5 Å². The highest BCUT2D eigenvalue weighted by molar-refractivity contribution is 7.87. The molecule has 1 fully saturated rings. The smallest absolute Gasteiger partial charge is 0.279 e. The number of pyridine rings is 1. The number of ether oxygens (including phenoxy) is 2. The third kappa shape index (κ3) is 5.29. The van der Waals surface area contributed by atoms with Crippen LogP contribution < -0.4 is 9.46 Å². The summed E-state index contributed by atoms with van der Waals surface area (Å²) in [6, 6.07) is 9.34. The van der Waals surface area contributed by atoms with Gasteiger partial charge in [-0.25, -0.2) is 4.98 Å². The Morgan fingerprint density at radius 3 is 2.54 bits per heavy atom. The van der Waals surface area contributed by atoms with Crippen LogP contribution in [0, 0.1) is 13.8 Å². The molecule has 1 aliphatic heterocycles. The van der Waals surface area contributed by atoms with Crippen LogP contribution in [0.4, 0.5) is 0 Å². The van der Waals surface area contributed by atoms with Crippen molar-refractivity contribution in [2.75, 3.05) is 13.1 Å². The maximum absolute atomic E-state index is 12.6. The van der Waals surface area contributed by atoms with Crippen LogP contribution in [0.2, 0.25) is 0 Å². The summed E-state index contributed by atoms with van der Waals surface area (Å²) >= 11 is 0. The van der Waals surface area contributed by atoms with Gasteiger partial charge in [0.1, 0.15) is 5.75 Å². The van der Waals surface area contributed by atoms with E-state index in [2.05, 4.69) is 9.71 Å². The zero-order valence-electron chi connectivity index (χ0n) is 16.7. The lowest BCUT2D eigenvalue weighted by molar-refractivity contribution is -0.0444. The van der Waals surface area contributed by atoms with Crippen LogP contribution in [0.5, 0.6) is 11.6 Å². The minimum Gasteiger partial charge on any atom is -0.439 e. The van der Waals surface area contributed by atoms with E-state index in [4.69, 9.17) is 9.47 Å². The molecule has 0 aliphatic carbocycles. The van der Waals surface area contributed by atoms with E-state index in [0.29, 0.717) is 24.7 Å². The van der Waals surface area contributed by atoms with E-state index in [9.17, 15) is 8.42 Å². The van der Waals surface area contributed by atoms with Gasteiger partial charge in [-0.05, 0) is 62.6 Å². The number of morpholine rings is 1. The predicted molar refractivity (Wildman–Crippen MR) is 108 cm³/mol. The first-order valence-corrected chi connectivity index (χ1v) is 10.8. The quantitative estimate of drug-likeness (QED) is 0.799. The van der Waals surface area contributed by atoms with E-state index in [1.807, 2.05) is 45.9 Å². The van der Waals surface area contributed by atoms with Gasteiger partial charge in [-0.15, -0.1) is 0 Å². The Labute approximate surface area is 166 Å². The number of aryl methyl sites for hydroxylation is 2. The molecule has 28 heavy (non-hydrogen) atoms. The van der Waals surface area contributed by atoms with Gasteiger partial charge in [0.2, 0.25) is 5.88 Å². The van der Waals surface area contributed by atoms with E-state index in [1.54, 1.807) is 18.3 Å². The topological polar surface area (TPSA) is 80.8 Å². The highest BCUT2D eigenvalue weighted by Gasteiger charge is 2.30. The van der Waals surface area contributed by atoms with Crippen LogP contribution in [-0.4, -0.2) is 43.0 Å². The number of rotatable bonds is 6. The standard InChI is InChI=1S/C20H27N3O4S/c1-14-5-6-19(9-15(14)2)27-20-10-18(7-8-21-20)11-22-28(24,25)23-12-16(3)26-17(4)13-23/h5-10,16-17,22H,11-13H2,1-4H3. The lowest BCUT2D eigenvalue weighted by Gasteiger charge is -2.34. The van der Waals surface area contributed by atoms with Crippen molar-refractivity contribution in [2.45, 2.75) is 46.4 Å². The molecule has 8 heteroatoms. The first-order valence-electron chi connectivity index (χ1n) is 9.33. The zero-order chi connectivity index (χ0) is 20.3. The van der Waals surface area contributed by atoms with Crippen molar-refractivity contribution in [1.29, 1.82) is 0 Å². The number of nitrogens with one attached hydrogen (secondary N) is 1. The van der Waals surface area contributed by atoms with Crippen molar-refractivity contribution >= 4 is 10.2 Å². The summed E-state index contributed by atoms with van der Waals surface area (Å²) in [6.45, 7) is 8.66. The Morgan fingerprint density at radius 1 is 1.14 bits per heavy atom. The maximum atomic E-state index is 12.6. The highest BCUT2D eigenvalue weighted by Crippen LogP contribution is 2.23. The van der Waals surface area contributed by atoms with Gasteiger partial charge in [0.05, 0.1) is 12.2 Å². The summed E-state index contributed by atoms with van der Waals surface area (Å²) in [5.74, 6) is 1.12. The normalized spacial score (nSPS) is 20.9. The molecular formula is C20H27N3O4S. The first-order chi connectivity index (χ1) is 13.2. The molecule has 152 valence electrons. The molecule has 1 aromatic carbocycles. The fourth-order valence-corrected chi connectivity index (χ4v) is 4.45. The average molecular weight is 406 g/mol. The minimum atomic E-state index is -3.59. The maximum Gasteiger partial charge on any atom is 0.279 e. The summed E-state index contributed by atoms with van der Waals surface area (Å²) in [5.41, 5.74) is 3.09. The van der Waals surface area contributed by atoms with Crippen molar-refractivity contribution in [2.24, 2.45) is 0 Å². The second-order valence-electron chi connectivity index (χ2n) is 7.25. The van der Waals surface area contributed by atoms with Gasteiger partial charge < -0.3 is 9.47 Å². The van der Waals surface area contributed by atoms with Gasteiger partial charge in [0.25, 0.3) is 10.2 Å². The van der Waals surface area contributed by atoms with Gasteiger partial charge >= 0.3 is 0 Å². The van der Waals surface area contributed by atoms with Gasteiger partial charge in [-0.1, -0.05) is 6.07 Å². The molecule has 2 atom stereocenters. The van der Waals surface area contributed by atoms with Gasteiger partial charge in [0.15, 0.2) is 0 Å². The average Bonchev–Trinajstić information content (AvgIpc) is 2.63. The fourth-order valence-electron chi connectivity index (χ4n) is 3.11. The summed E-state index contributed by atoms with van der Waals surface area (Å²) in [7, 11) is -3.59.